The predicted octanol–water partition coefficient (Wildman–Crippen LogP) is 5.07. The third kappa shape index (κ3) is 3.57. The van der Waals surface area contributed by atoms with Crippen molar-refractivity contribution < 1.29 is 4.39 Å². The second kappa shape index (κ2) is 6.85. The molecule has 1 aliphatic carbocycles. The van der Waals surface area contributed by atoms with E-state index in [1.807, 2.05) is 13.1 Å². The second-order valence-electron chi connectivity index (χ2n) is 5.63. The van der Waals surface area contributed by atoms with Crippen LogP contribution in [0.3, 0.4) is 0 Å². The van der Waals surface area contributed by atoms with Gasteiger partial charge in [0.1, 0.15) is 5.82 Å². The number of rotatable bonds is 4. The molecular formula is C16H23BrFN. The first-order valence-electron chi connectivity index (χ1n) is 7.28. The molecule has 0 bridgehead atoms. The Hall–Kier alpha value is -0.410. The zero-order valence-electron chi connectivity index (χ0n) is 11.8. The van der Waals surface area contributed by atoms with Crippen LogP contribution in [0.15, 0.2) is 22.7 Å². The molecule has 1 aromatic rings. The van der Waals surface area contributed by atoms with Gasteiger partial charge in [0.15, 0.2) is 0 Å². The average molecular weight is 328 g/mol. The molecule has 0 heterocycles. The van der Waals surface area contributed by atoms with Gasteiger partial charge in [0.25, 0.3) is 0 Å². The molecule has 1 nitrogen and oxygen atoms in total. The van der Waals surface area contributed by atoms with Crippen molar-refractivity contribution >= 4 is 15.9 Å². The number of benzene rings is 1. The van der Waals surface area contributed by atoms with Gasteiger partial charge in [-0.2, -0.15) is 0 Å². The Kier molecular flexibility index (Phi) is 5.40. The van der Waals surface area contributed by atoms with Crippen molar-refractivity contribution in [2.24, 2.45) is 11.8 Å². The van der Waals surface area contributed by atoms with E-state index < -0.39 is 0 Å². The lowest BCUT2D eigenvalue weighted by Gasteiger charge is -2.34. The minimum Gasteiger partial charge on any atom is -0.313 e. The molecule has 2 rings (SSSR count). The average Bonchev–Trinajstić information content (AvgIpc) is 2.44. The lowest BCUT2D eigenvalue weighted by Crippen LogP contribution is -2.30. The normalized spacial score (nSPS) is 25.3. The minimum absolute atomic E-state index is 0.0961. The van der Waals surface area contributed by atoms with Gasteiger partial charge >= 0.3 is 0 Å². The SMILES string of the molecule is CCC1CCCC(C(NC)c2cc(Br)ccc2F)C1. The molecule has 1 N–H and O–H groups in total. The van der Waals surface area contributed by atoms with Crippen LogP contribution in [0.4, 0.5) is 4.39 Å². The van der Waals surface area contributed by atoms with Crippen LogP contribution in [0.25, 0.3) is 0 Å². The van der Waals surface area contributed by atoms with Gasteiger partial charge in [0.2, 0.25) is 0 Å². The Labute approximate surface area is 124 Å². The molecule has 1 aliphatic rings. The Bertz CT molecular complexity index is 421. The van der Waals surface area contributed by atoms with Gasteiger partial charge in [-0.1, -0.05) is 42.1 Å². The Morgan fingerprint density at radius 1 is 1.42 bits per heavy atom. The van der Waals surface area contributed by atoms with Crippen molar-refractivity contribution in [3.8, 4) is 0 Å². The summed E-state index contributed by atoms with van der Waals surface area (Å²) in [6.07, 6.45) is 6.27. The summed E-state index contributed by atoms with van der Waals surface area (Å²) in [6.45, 7) is 2.26. The number of hydrogen-bond acceptors (Lipinski definition) is 1. The zero-order valence-corrected chi connectivity index (χ0v) is 13.3. The summed E-state index contributed by atoms with van der Waals surface area (Å²) < 4.78 is 15.0. The fourth-order valence-corrected chi connectivity index (χ4v) is 3.78. The van der Waals surface area contributed by atoms with Gasteiger partial charge in [-0.15, -0.1) is 0 Å². The minimum atomic E-state index is -0.0961. The van der Waals surface area contributed by atoms with Crippen LogP contribution in [0.1, 0.15) is 50.6 Å². The highest BCUT2D eigenvalue weighted by Crippen LogP contribution is 2.39. The van der Waals surface area contributed by atoms with Crippen LogP contribution in [0.2, 0.25) is 0 Å². The molecule has 1 aromatic carbocycles. The maximum atomic E-state index is 14.1. The van der Waals surface area contributed by atoms with Crippen molar-refractivity contribution in [3.63, 3.8) is 0 Å². The quantitative estimate of drug-likeness (QED) is 0.814. The first-order chi connectivity index (χ1) is 9.15. The van der Waals surface area contributed by atoms with Crippen molar-refractivity contribution in [3.05, 3.63) is 34.1 Å². The maximum absolute atomic E-state index is 14.1. The summed E-state index contributed by atoms with van der Waals surface area (Å²) in [7, 11) is 1.95. The standard InChI is InChI=1S/C16H23BrFN/c1-3-11-5-4-6-12(9-11)16(19-2)14-10-13(17)7-8-15(14)18/h7-8,10-12,16,19H,3-6,9H2,1-2H3. The molecule has 0 spiro atoms. The molecule has 106 valence electrons. The van der Waals surface area contributed by atoms with Crippen molar-refractivity contribution in [1.82, 2.24) is 5.32 Å². The molecule has 0 radical (unpaired) electrons. The van der Waals surface area contributed by atoms with Gasteiger partial charge in [0, 0.05) is 16.1 Å². The van der Waals surface area contributed by atoms with Crippen LogP contribution in [-0.4, -0.2) is 7.05 Å². The van der Waals surface area contributed by atoms with Crippen LogP contribution in [0.5, 0.6) is 0 Å². The number of nitrogens with one attached hydrogen (secondary N) is 1. The van der Waals surface area contributed by atoms with Crippen LogP contribution < -0.4 is 5.32 Å². The van der Waals surface area contributed by atoms with E-state index in [9.17, 15) is 4.39 Å². The summed E-state index contributed by atoms with van der Waals surface area (Å²) in [6, 6.07) is 5.38. The number of hydrogen-bond donors (Lipinski definition) is 1. The van der Waals surface area contributed by atoms with Gasteiger partial charge in [-0.3, -0.25) is 0 Å². The van der Waals surface area contributed by atoms with Gasteiger partial charge in [0.05, 0.1) is 0 Å². The van der Waals surface area contributed by atoms with Gasteiger partial charge in [-0.05, 0) is 49.9 Å². The summed E-state index contributed by atoms with van der Waals surface area (Å²) >= 11 is 3.45. The van der Waals surface area contributed by atoms with E-state index in [0.717, 1.165) is 16.0 Å². The highest BCUT2D eigenvalue weighted by atomic mass is 79.9. The molecule has 0 aromatic heterocycles. The van der Waals surface area contributed by atoms with Gasteiger partial charge in [-0.25, -0.2) is 4.39 Å². The van der Waals surface area contributed by atoms with E-state index in [2.05, 4.69) is 28.2 Å². The fourth-order valence-electron chi connectivity index (χ4n) is 3.40. The zero-order chi connectivity index (χ0) is 13.8. The Morgan fingerprint density at radius 2 is 2.21 bits per heavy atom. The van der Waals surface area contributed by atoms with Crippen molar-refractivity contribution in [1.29, 1.82) is 0 Å². The molecular weight excluding hydrogens is 305 g/mol. The van der Waals surface area contributed by atoms with E-state index >= 15 is 0 Å². The highest BCUT2D eigenvalue weighted by Gasteiger charge is 2.29. The molecule has 3 heteroatoms. The van der Waals surface area contributed by atoms with Crippen molar-refractivity contribution in [2.45, 2.75) is 45.1 Å². The molecule has 1 fully saturated rings. The van der Waals surface area contributed by atoms with Crippen LogP contribution in [0, 0.1) is 17.7 Å². The predicted molar refractivity (Wildman–Crippen MR) is 81.6 cm³/mol. The fraction of sp³-hybridized carbons (Fsp3) is 0.625. The van der Waals surface area contributed by atoms with Crippen molar-refractivity contribution in [2.75, 3.05) is 7.05 Å². The molecule has 0 saturated heterocycles. The first kappa shape index (κ1) is 15.0. The smallest absolute Gasteiger partial charge is 0.128 e. The third-order valence-electron chi connectivity index (χ3n) is 4.48. The topological polar surface area (TPSA) is 12.0 Å². The Balaban J connectivity index is 2.21. The van der Waals surface area contributed by atoms with E-state index in [0.29, 0.717) is 5.92 Å². The van der Waals surface area contributed by atoms with E-state index in [4.69, 9.17) is 0 Å². The third-order valence-corrected chi connectivity index (χ3v) is 4.97. The molecule has 0 aliphatic heterocycles. The lowest BCUT2D eigenvalue weighted by atomic mass is 9.75. The van der Waals surface area contributed by atoms with E-state index in [-0.39, 0.29) is 11.9 Å². The maximum Gasteiger partial charge on any atom is 0.128 e. The molecule has 19 heavy (non-hydrogen) atoms. The van der Waals surface area contributed by atoms with E-state index in [1.165, 1.54) is 32.1 Å². The van der Waals surface area contributed by atoms with Crippen LogP contribution >= 0.6 is 15.9 Å². The monoisotopic (exact) mass is 327 g/mol. The Morgan fingerprint density at radius 3 is 2.89 bits per heavy atom. The first-order valence-corrected chi connectivity index (χ1v) is 8.07. The summed E-state index contributed by atoms with van der Waals surface area (Å²) in [4.78, 5) is 0. The second-order valence-corrected chi connectivity index (χ2v) is 6.55. The number of halogens is 2. The van der Waals surface area contributed by atoms with E-state index in [1.54, 1.807) is 12.1 Å². The van der Waals surface area contributed by atoms with Gasteiger partial charge < -0.3 is 5.32 Å². The summed E-state index contributed by atoms with van der Waals surface area (Å²) in [5.74, 6) is 1.26. The molecule has 3 atom stereocenters. The summed E-state index contributed by atoms with van der Waals surface area (Å²) in [5, 5.41) is 3.34. The lowest BCUT2D eigenvalue weighted by molar-refractivity contribution is 0.212. The molecule has 1 saturated carbocycles. The molecule has 3 unspecified atom stereocenters. The van der Waals surface area contributed by atoms with Crippen LogP contribution in [-0.2, 0) is 0 Å². The largest absolute Gasteiger partial charge is 0.313 e. The molecule has 0 amide bonds. The summed E-state index contributed by atoms with van der Waals surface area (Å²) in [5.41, 5.74) is 0.804. The highest BCUT2D eigenvalue weighted by molar-refractivity contribution is 9.10.